The SMILES string of the molecule is [2H]C(c1cc(C)ccc1C)n1nnc2ccccc21. The van der Waals surface area contributed by atoms with Crippen molar-refractivity contribution in [1.29, 1.82) is 0 Å². The van der Waals surface area contributed by atoms with Crippen LogP contribution in [-0.4, -0.2) is 15.0 Å². The first-order valence-corrected chi connectivity index (χ1v) is 5.96. The van der Waals surface area contributed by atoms with Crippen LogP contribution >= 0.6 is 0 Å². The molecule has 0 bridgehead atoms. The molecule has 3 heteroatoms. The van der Waals surface area contributed by atoms with E-state index >= 15 is 0 Å². The van der Waals surface area contributed by atoms with E-state index in [1.807, 2.05) is 50.2 Å². The summed E-state index contributed by atoms with van der Waals surface area (Å²) in [7, 11) is 0. The number of benzene rings is 2. The van der Waals surface area contributed by atoms with Crippen LogP contribution in [0.15, 0.2) is 42.5 Å². The van der Waals surface area contributed by atoms with Gasteiger partial charge in [-0.2, -0.15) is 0 Å². The van der Waals surface area contributed by atoms with Crippen molar-refractivity contribution in [2.45, 2.75) is 20.4 Å². The lowest BCUT2D eigenvalue weighted by atomic mass is 10.1. The van der Waals surface area contributed by atoms with Gasteiger partial charge in [-0.25, -0.2) is 4.68 Å². The second-order valence-corrected chi connectivity index (χ2v) is 4.51. The predicted octanol–water partition coefficient (Wildman–Crippen LogP) is 3.10. The molecule has 0 aliphatic rings. The van der Waals surface area contributed by atoms with Crippen molar-refractivity contribution in [2.24, 2.45) is 0 Å². The Balaban J connectivity index is 2.13. The Morgan fingerprint density at radius 2 is 2.00 bits per heavy atom. The van der Waals surface area contributed by atoms with Crippen molar-refractivity contribution >= 4 is 11.0 Å². The highest BCUT2D eigenvalue weighted by Crippen LogP contribution is 2.15. The zero-order chi connectivity index (χ0) is 13.4. The van der Waals surface area contributed by atoms with Gasteiger partial charge < -0.3 is 0 Å². The maximum Gasteiger partial charge on any atom is 0.113 e. The molecule has 2 aromatic carbocycles. The molecule has 0 saturated heterocycles. The van der Waals surface area contributed by atoms with Crippen molar-refractivity contribution in [3.63, 3.8) is 0 Å². The fourth-order valence-electron chi connectivity index (χ4n) is 2.01. The van der Waals surface area contributed by atoms with E-state index in [2.05, 4.69) is 16.4 Å². The molecular weight excluding hydrogens is 222 g/mol. The standard InChI is InChI=1S/C15H15N3/c1-11-7-8-12(2)13(9-11)10-18-15-6-4-3-5-14(15)16-17-18/h3-9H,10H2,1-2H3/i10D. The first-order valence-electron chi connectivity index (χ1n) is 6.54. The number of rotatable bonds is 2. The molecule has 90 valence electrons. The fourth-order valence-corrected chi connectivity index (χ4v) is 2.01. The lowest BCUT2D eigenvalue weighted by molar-refractivity contribution is 0.667. The molecule has 3 rings (SSSR count). The molecule has 0 saturated carbocycles. The summed E-state index contributed by atoms with van der Waals surface area (Å²) in [6.07, 6.45) is 0. The van der Waals surface area contributed by atoms with Gasteiger partial charge in [0, 0.05) is 0 Å². The second-order valence-electron chi connectivity index (χ2n) is 4.51. The van der Waals surface area contributed by atoms with Gasteiger partial charge in [0.1, 0.15) is 5.52 Å². The van der Waals surface area contributed by atoms with E-state index in [1.54, 1.807) is 4.68 Å². The predicted molar refractivity (Wildman–Crippen MR) is 72.5 cm³/mol. The van der Waals surface area contributed by atoms with Gasteiger partial charge in [-0.15, -0.1) is 5.10 Å². The Labute approximate surface area is 107 Å². The first kappa shape index (κ1) is 9.83. The average molecular weight is 238 g/mol. The zero-order valence-corrected chi connectivity index (χ0v) is 10.5. The summed E-state index contributed by atoms with van der Waals surface area (Å²) in [5.41, 5.74) is 4.94. The summed E-state index contributed by atoms with van der Waals surface area (Å²) >= 11 is 0. The normalized spacial score (nSPS) is 13.6. The summed E-state index contributed by atoms with van der Waals surface area (Å²) in [6.45, 7) is 3.50. The summed E-state index contributed by atoms with van der Waals surface area (Å²) in [6, 6.07) is 13.9. The van der Waals surface area contributed by atoms with Crippen LogP contribution in [0.2, 0.25) is 0 Å². The third-order valence-corrected chi connectivity index (χ3v) is 3.07. The van der Waals surface area contributed by atoms with Crippen molar-refractivity contribution in [3.05, 3.63) is 59.2 Å². The molecule has 18 heavy (non-hydrogen) atoms. The van der Waals surface area contributed by atoms with Crippen LogP contribution < -0.4 is 0 Å². The van der Waals surface area contributed by atoms with Gasteiger partial charge in [0.15, 0.2) is 0 Å². The number of aromatic nitrogens is 3. The monoisotopic (exact) mass is 238 g/mol. The van der Waals surface area contributed by atoms with Crippen LogP contribution in [-0.2, 0) is 6.52 Å². The van der Waals surface area contributed by atoms with E-state index < -0.39 is 6.52 Å². The van der Waals surface area contributed by atoms with Crippen LogP contribution in [0, 0.1) is 13.8 Å². The van der Waals surface area contributed by atoms with E-state index in [9.17, 15) is 0 Å². The Morgan fingerprint density at radius 3 is 2.89 bits per heavy atom. The van der Waals surface area contributed by atoms with Crippen LogP contribution in [0.5, 0.6) is 0 Å². The molecule has 3 aromatic rings. The van der Waals surface area contributed by atoms with E-state index in [1.165, 1.54) is 0 Å². The second kappa shape index (κ2) is 4.26. The van der Waals surface area contributed by atoms with Crippen LogP contribution in [0.4, 0.5) is 0 Å². The average Bonchev–Trinajstić information content (AvgIpc) is 2.84. The molecule has 0 amide bonds. The first-order chi connectivity index (χ1) is 9.16. The van der Waals surface area contributed by atoms with Gasteiger partial charge in [-0.1, -0.05) is 41.1 Å². The number of para-hydroxylation sites is 1. The number of fused-ring (bicyclic) bond motifs is 1. The smallest absolute Gasteiger partial charge is 0.113 e. The Bertz CT molecular complexity index is 733. The van der Waals surface area contributed by atoms with Gasteiger partial charge in [-0.3, -0.25) is 0 Å². The molecule has 0 aliphatic carbocycles. The summed E-state index contributed by atoms with van der Waals surface area (Å²) in [5, 5.41) is 8.23. The molecule has 1 unspecified atom stereocenters. The third kappa shape index (κ3) is 1.88. The topological polar surface area (TPSA) is 30.7 Å². The Kier molecular flexibility index (Phi) is 2.32. The largest absolute Gasteiger partial charge is 0.240 e. The number of aryl methyl sites for hydroxylation is 2. The molecule has 0 aliphatic heterocycles. The van der Waals surface area contributed by atoms with Gasteiger partial charge in [0.2, 0.25) is 0 Å². The number of hydrogen-bond donors (Lipinski definition) is 0. The lowest BCUT2D eigenvalue weighted by Crippen LogP contribution is -2.03. The molecule has 0 fully saturated rings. The number of nitrogens with zero attached hydrogens (tertiary/aromatic N) is 3. The highest BCUT2D eigenvalue weighted by molar-refractivity contribution is 5.73. The summed E-state index contributed by atoms with van der Waals surface area (Å²) in [5.74, 6) is 0. The minimum absolute atomic E-state index is 0.563. The summed E-state index contributed by atoms with van der Waals surface area (Å²) < 4.78 is 10.1. The minimum atomic E-state index is -0.563. The van der Waals surface area contributed by atoms with E-state index in [-0.39, 0.29) is 0 Å². The van der Waals surface area contributed by atoms with Gasteiger partial charge in [0.25, 0.3) is 0 Å². The molecule has 1 aromatic heterocycles. The molecule has 1 heterocycles. The molecule has 3 nitrogen and oxygen atoms in total. The van der Waals surface area contributed by atoms with Gasteiger partial charge in [0.05, 0.1) is 13.4 Å². The van der Waals surface area contributed by atoms with E-state index in [4.69, 9.17) is 1.37 Å². The van der Waals surface area contributed by atoms with E-state index in [0.717, 1.165) is 27.7 Å². The minimum Gasteiger partial charge on any atom is -0.240 e. The van der Waals surface area contributed by atoms with Crippen molar-refractivity contribution < 1.29 is 1.37 Å². The molecular formula is C15H15N3. The third-order valence-electron chi connectivity index (χ3n) is 3.07. The van der Waals surface area contributed by atoms with Crippen LogP contribution in [0.25, 0.3) is 11.0 Å². The zero-order valence-electron chi connectivity index (χ0n) is 11.5. The van der Waals surface area contributed by atoms with E-state index in [0.29, 0.717) is 0 Å². The molecule has 0 N–H and O–H groups in total. The molecule has 1 atom stereocenters. The highest BCUT2D eigenvalue weighted by Gasteiger charge is 2.05. The molecule has 0 radical (unpaired) electrons. The van der Waals surface area contributed by atoms with Crippen molar-refractivity contribution in [1.82, 2.24) is 15.0 Å². The lowest BCUT2D eigenvalue weighted by Gasteiger charge is -2.07. The maximum atomic E-state index is 8.45. The van der Waals surface area contributed by atoms with Gasteiger partial charge in [-0.05, 0) is 37.1 Å². The molecule has 0 spiro atoms. The van der Waals surface area contributed by atoms with Crippen molar-refractivity contribution in [2.75, 3.05) is 0 Å². The highest BCUT2D eigenvalue weighted by atomic mass is 15.4. The maximum absolute atomic E-state index is 8.45. The van der Waals surface area contributed by atoms with Crippen LogP contribution in [0.3, 0.4) is 0 Å². The Morgan fingerprint density at radius 1 is 1.17 bits per heavy atom. The number of hydrogen-bond acceptors (Lipinski definition) is 2. The van der Waals surface area contributed by atoms with Crippen LogP contribution in [0.1, 0.15) is 18.1 Å². The fraction of sp³-hybridized carbons (Fsp3) is 0.200. The van der Waals surface area contributed by atoms with Gasteiger partial charge >= 0.3 is 0 Å². The van der Waals surface area contributed by atoms with Crippen molar-refractivity contribution in [3.8, 4) is 0 Å². The Hall–Kier alpha value is -2.16. The quantitative estimate of drug-likeness (QED) is 0.687. The summed E-state index contributed by atoms with van der Waals surface area (Å²) in [4.78, 5) is 0.